The fourth-order valence-corrected chi connectivity index (χ4v) is 1.72. The van der Waals surface area contributed by atoms with Crippen molar-refractivity contribution in [3.05, 3.63) is 59.2 Å². The van der Waals surface area contributed by atoms with Crippen molar-refractivity contribution in [2.24, 2.45) is 0 Å². The van der Waals surface area contributed by atoms with Crippen LogP contribution < -0.4 is 5.32 Å². The molecule has 0 aliphatic carbocycles. The highest BCUT2D eigenvalue weighted by molar-refractivity contribution is 5.47. The summed E-state index contributed by atoms with van der Waals surface area (Å²) in [5.41, 5.74) is -0.876. The van der Waals surface area contributed by atoms with Crippen molar-refractivity contribution in [1.82, 2.24) is 0 Å². The second-order valence-corrected chi connectivity index (χ2v) is 4.33. The molecule has 0 saturated carbocycles. The monoisotopic (exact) mass is 303 g/mol. The highest BCUT2D eigenvalue weighted by atomic mass is 19.4. The van der Waals surface area contributed by atoms with Crippen molar-refractivity contribution in [2.45, 2.75) is 12.7 Å². The van der Waals surface area contributed by atoms with Gasteiger partial charge >= 0.3 is 6.18 Å². The van der Waals surface area contributed by atoms with E-state index in [1.807, 2.05) is 0 Å². The largest absolute Gasteiger partial charge is 0.505 e. The van der Waals surface area contributed by atoms with E-state index < -0.39 is 29.1 Å². The molecule has 112 valence electrons. The third-order valence-electron chi connectivity index (χ3n) is 2.78. The number of hydrogen-bond acceptors (Lipinski definition) is 2. The van der Waals surface area contributed by atoms with Gasteiger partial charge in [0.15, 0.2) is 11.6 Å². The molecule has 0 saturated heterocycles. The smallest absolute Gasteiger partial charge is 0.419 e. The van der Waals surface area contributed by atoms with Crippen LogP contribution >= 0.6 is 0 Å². The number of phenols is 1. The molecule has 0 spiro atoms. The Kier molecular flexibility index (Phi) is 4.02. The molecule has 21 heavy (non-hydrogen) atoms. The lowest BCUT2D eigenvalue weighted by Gasteiger charge is -2.11. The minimum Gasteiger partial charge on any atom is -0.505 e. The zero-order valence-corrected chi connectivity index (χ0v) is 10.5. The molecule has 0 aromatic heterocycles. The molecule has 7 heteroatoms. The topological polar surface area (TPSA) is 32.3 Å². The first kappa shape index (κ1) is 15.1. The van der Waals surface area contributed by atoms with Gasteiger partial charge in [-0.1, -0.05) is 6.07 Å². The number of benzene rings is 2. The number of aromatic hydroxyl groups is 1. The maximum absolute atomic E-state index is 13.1. The molecule has 2 N–H and O–H groups in total. The zero-order valence-electron chi connectivity index (χ0n) is 10.5. The van der Waals surface area contributed by atoms with E-state index in [1.54, 1.807) is 0 Å². The van der Waals surface area contributed by atoms with Gasteiger partial charge in [0.05, 0.1) is 5.56 Å². The van der Waals surface area contributed by atoms with Crippen LogP contribution in [0.3, 0.4) is 0 Å². The molecular weight excluding hydrogens is 293 g/mol. The molecule has 2 nitrogen and oxygen atoms in total. The summed E-state index contributed by atoms with van der Waals surface area (Å²) in [6.07, 6.45) is -4.77. The number of anilines is 1. The Morgan fingerprint density at radius 2 is 1.67 bits per heavy atom. The Balaban J connectivity index is 2.15. The Morgan fingerprint density at radius 1 is 0.952 bits per heavy atom. The quantitative estimate of drug-likeness (QED) is 0.654. The molecule has 0 aliphatic heterocycles. The van der Waals surface area contributed by atoms with Crippen molar-refractivity contribution in [2.75, 3.05) is 5.32 Å². The van der Waals surface area contributed by atoms with Gasteiger partial charge in [-0.2, -0.15) is 13.2 Å². The molecule has 0 heterocycles. The lowest BCUT2D eigenvalue weighted by atomic mass is 10.1. The first-order valence-electron chi connectivity index (χ1n) is 5.85. The molecule has 0 unspecified atom stereocenters. The van der Waals surface area contributed by atoms with Gasteiger partial charge in [-0.15, -0.1) is 0 Å². The minimum atomic E-state index is -4.77. The van der Waals surface area contributed by atoms with Gasteiger partial charge in [-0.05, 0) is 29.8 Å². The van der Waals surface area contributed by atoms with E-state index in [4.69, 9.17) is 5.11 Å². The number of nitrogens with one attached hydrogen (secondary N) is 1. The van der Waals surface area contributed by atoms with E-state index >= 15 is 0 Å². The molecule has 0 fully saturated rings. The summed E-state index contributed by atoms with van der Waals surface area (Å²) < 4.78 is 63.9. The zero-order chi connectivity index (χ0) is 15.6. The van der Waals surface area contributed by atoms with Crippen LogP contribution in [0.2, 0.25) is 0 Å². The van der Waals surface area contributed by atoms with E-state index in [2.05, 4.69) is 5.32 Å². The Labute approximate surface area is 116 Å². The predicted octanol–water partition coefficient (Wildman–Crippen LogP) is 4.30. The third kappa shape index (κ3) is 3.62. The Bertz CT molecular complexity index is 654. The maximum atomic E-state index is 13.1. The lowest BCUT2D eigenvalue weighted by molar-refractivity contribution is -0.140. The third-order valence-corrected chi connectivity index (χ3v) is 2.78. The normalized spacial score (nSPS) is 11.5. The van der Waals surface area contributed by atoms with Crippen molar-refractivity contribution >= 4 is 5.69 Å². The van der Waals surface area contributed by atoms with Crippen molar-refractivity contribution in [3.63, 3.8) is 0 Å². The van der Waals surface area contributed by atoms with Gasteiger partial charge < -0.3 is 10.4 Å². The summed E-state index contributed by atoms with van der Waals surface area (Å²) in [5, 5.41) is 11.7. The highest BCUT2D eigenvalue weighted by Crippen LogP contribution is 2.32. The second-order valence-electron chi connectivity index (χ2n) is 4.33. The Morgan fingerprint density at radius 3 is 2.29 bits per heavy atom. The minimum absolute atomic E-state index is 0.0480. The number of halogens is 5. The summed E-state index contributed by atoms with van der Waals surface area (Å²) in [6.45, 7) is -0.0480. The fraction of sp³-hybridized carbons (Fsp3) is 0.143. The molecule has 2 aromatic carbocycles. The van der Waals surface area contributed by atoms with Crippen LogP contribution in [0.25, 0.3) is 0 Å². The average molecular weight is 303 g/mol. The SMILES string of the molecule is Oc1ccc(NCc2ccc(F)c(C(F)(F)F)c2)cc1F. The van der Waals surface area contributed by atoms with E-state index in [-0.39, 0.29) is 17.8 Å². The van der Waals surface area contributed by atoms with Gasteiger partial charge in [0, 0.05) is 18.3 Å². The summed E-state index contributed by atoms with van der Waals surface area (Å²) in [5.74, 6) is -2.72. The van der Waals surface area contributed by atoms with E-state index in [9.17, 15) is 22.0 Å². The summed E-state index contributed by atoms with van der Waals surface area (Å²) >= 11 is 0. The van der Waals surface area contributed by atoms with Crippen LogP contribution in [-0.4, -0.2) is 5.11 Å². The van der Waals surface area contributed by atoms with Crippen molar-refractivity contribution in [1.29, 1.82) is 0 Å². The van der Waals surface area contributed by atoms with E-state index in [0.717, 1.165) is 18.2 Å². The van der Waals surface area contributed by atoms with Crippen LogP contribution in [0.4, 0.5) is 27.6 Å². The van der Waals surface area contributed by atoms with Crippen LogP contribution in [0.1, 0.15) is 11.1 Å². The van der Waals surface area contributed by atoms with Crippen LogP contribution in [-0.2, 0) is 12.7 Å². The molecule has 2 rings (SSSR count). The standard InChI is InChI=1S/C14H10F5NO/c15-11-3-1-8(5-10(11)14(17,18)19)7-20-9-2-4-13(21)12(16)6-9/h1-6,20-21H,7H2. The van der Waals surface area contributed by atoms with Crippen LogP contribution in [0, 0.1) is 11.6 Å². The van der Waals surface area contributed by atoms with Crippen LogP contribution in [0.5, 0.6) is 5.75 Å². The van der Waals surface area contributed by atoms with E-state index in [1.165, 1.54) is 12.1 Å². The first-order valence-corrected chi connectivity index (χ1v) is 5.85. The van der Waals surface area contributed by atoms with Crippen LogP contribution in [0.15, 0.2) is 36.4 Å². The maximum Gasteiger partial charge on any atom is 0.419 e. The molecule has 2 aromatic rings. The number of alkyl halides is 3. The first-order chi connectivity index (χ1) is 9.77. The lowest BCUT2D eigenvalue weighted by Crippen LogP contribution is -2.10. The average Bonchev–Trinajstić information content (AvgIpc) is 2.40. The molecular formula is C14H10F5NO. The molecule has 0 radical (unpaired) electrons. The summed E-state index contributed by atoms with van der Waals surface area (Å²) in [7, 11) is 0. The van der Waals surface area contributed by atoms with Gasteiger partial charge in [0.1, 0.15) is 5.82 Å². The van der Waals surface area contributed by atoms with Crippen molar-refractivity contribution < 1.29 is 27.1 Å². The Hall–Kier alpha value is -2.31. The fourth-order valence-electron chi connectivity index (χ4n) is 1.72. The molecule has 0 amide bonds. The highest BCUT2D eigenvalue weighted by Gasteiger charge is 2.34. The van der Waals surface area contributed by atoms with Gasteiger partial charge in [-0.25, -0.2) is 8.78 Å². The number of rotatable bonds is 3. The van der Waals surface area contributed by atoms with Gasteiger partial charge in [0.2, 0.25) is 0 Å². The van der Waals surface area contributed by atoms with Crippen molar-refractivity contribution in [3.8, 4) is 5.75 Å². The summed E-state index contributed by atoms with van der Waals surface area (Å²) in [4.78, 5) is 0. The number of hydrogen-bond donors (Lipinski definition) is 2. The van der Waals surface area contributed by atoms with E-state index in [0.29, 0.717) is 6.07 Å². The van der Waals surface area contributed by atoms with Gasteiger partial charge in [0.25, 0.3) is 0 Å². The second kappa shape index (κ2) is 5.59. The van der Waals surface area contributed by atoms with Gasteiger partial charge in [-0.3, -0.25) is 0 Å². The molecule has 0 atom stereocenters. The molecule has 0 aliphatic rings. The number of phenolic OH excluding ortho intramolecular Hbond substituents is 1. The predicted molar refractivity (Wildman–Crippen MR) is 66.8 cm³/mol. The molecule has 0 bridgehead atoms. The summed E-state index contributed by atoms with van der Waals surface area (Å²) in [6, 6.07) is 6.12.